The van der Waals surface area contributed by atoms with Gasteiger partial charge in [0.05, 0.1) is 11.1 Å². The number of nitrogens with zero attached hydrogens (tertiary/aromatic N) is 2. The van der Waals surface area contributed by atoms with E-state index >= 15 is 0 Å². The lowest BCUT2D eigenvalue weighted by Crippen LogP contribution is -2.31. The summed E-state index contributed by atoms with van der Waals surface area (Å²) in [6, 6.07) is 1.31. The molecule has 1 aliphatic rings. The van der Waals surface area contributed by atoms with Crippen molar-refractivity contribution in [1.29, 1.82) is 0 Å². The molecule has 1 aromatic heterocycles. The van der Waals surface area contributed by atoms with Crippen molar-refractivity contribution in [1.82, 2.24) is 15.2 Å². The van der Waals surface area contributed by atoms with Crippen LogP contribution < -0.4 is 10.6 Å². The molecule has 21 heavy (non-hydrogen) atoms. The van der Waals surface area contributed by atoms with Crippen molar-refractivity contribution in [2.75, 3.05) is 19.6 Å². The predicted octanol–water partition coefficient (Wildman–Crippen LogP) is 1.63. The molecular weight excluding hydrogens is 272 g/mol. The average molecular weight is 292 g/mol. The average Bonchev–Trinajstić information content (AvgIpc) is 2.91. The number of nitro groups is 1. The molecule has 1 aliphatic heterocycles. The van der Waals surface area contributed by atoms with Crippen molar-refractivity contribution in [3.8, 4) is 0 Å². The summed E-state index contributed by atoms with van der Waals surface area (Å²) in [5, 5.41) is 16.9. The van der Waals surface area contributed by atoms with E-state index in [9.17, 15) is 14.9 Å². The van der Waals surface area contributed by atoms with Gasteiger partial charge in [0.15, 0.2) is 0 Å². The van der Waals surface area contributed by atoms with Crippen LogP contribution in [-0.2, 0) is 0 Å². The SMILES string of the molecule is CC(C)n1cc([N+](=O)[O-])cc1C(=O)NCC1=CCNCC1. The van der Waals surface area contributed by atoms with Crippen molar-refractivity contribution >= 4 is 11.6 Å². The minimum atomic E-state index is -0.481. The molecule has 0 saturated heterocycles. The number of aromatic nitrogens is 1. The molecule has 7 nitrogen and oxygen atoms in total. The lowest BCUT2D eigenvalue weighted by atomic mass is 10.1. The smallest absolute Gasteiger partial charge is 0.287 e. The van der Waals surface area contributed by atoms with E-state index in [4.69, 9.17) is 0 Å². The highest BCUT2D eigenvalue weighted by atomic mass is 16.6. The quantitative estimate of drug-likeness (QED) is 0.490. The van der Waals surface area contributed by atoms with Gasteiger partial charge in [-0.2, -0.15) is 0 Å². The van der Waals surface area contributed by atoms with Gasteiger partial charge in [-0.3, -0.25) is 14.9 Å². The van der Waals surface area contributed by atoms with Crippen molar-refractivity contribution < 1.29 is 9.72 Å². The topological polar surface area (TPSA) is 89.2 Å². The molecule has 7 heteroatoms. The van der Waals surface area contributed by atoms with Crippen molar-refractivity contribution in [2.45, 2.75) is 26.3 Å². The van der Waals surface area contributed by atoms with Gasteiger partial charge in [0.25, 0.3) is 11.6 Å². The van der Waals surface area contributed by atoms with E-state index in [1.165, 1.54) is 17.8 Å². The third-order valence-electron chi connectivity index (χ3n) is 3.47. The summed E-state index contributed by atoms with van der Waals surface area (Å²) in [6.45, 7) is 5.98. The molecule has 0 unspecified atom stereocenters. The molecule has 0 aliphatic carbocycles. The second-order valence-corrected chi connectivity index (χ2v) is 5.34. The first-order valence-corrected chi connectivity index (χ1v) is 7.02. The van der Waals surface area contributed by atoms with E-state index in [0.717, 1.165) is 19.5 Å². The Morgan fingerprint density at radius 1 is 1.57 bits per heavy atom. The normalized spacial score (nSPS) is 14.9. The first-order valence-electron chi connectivity index (χ1n) is 7.02. The molecule has 0 spiro atoms. The van der Waals surface area contributed by atoms with Crippen LogP contribution in [0.15, 0.2) is 23.9 Å². The maximum absolute atomic E-state index is 12.3. The lowest BCUT2D eigenvalue weighted by Gasteiger charge is -2.16. The summed E-state index contributed by atoms with van der Waals surface area (Å²) in [6.07, 6.45) is 4.38. The zero-order valence-electron chi connectivity index (χ0n) is 12.3. The number of carbonyl (C=O) groups is 1. The Bertz CT molecular complexity index is 575. The van der Waals surface area contributed by atoms with E-state index in [-0.39, 0.29) is 17.6 Å². The highest BCUT2D eigenvalue weighted by molar-refractivity contribution is 5.93. The highest BCUT2D eigenvalue weighted by Gasteiger charge is 2.20. The Balaban J connectivity index is 2.10. The maximum atomic E-state index is 12.3. The van der Waals surface area contributed by atoms with Gasteiger partial charge < -0.3 is 15.2 Å². The van der Waals surface area contributed by atoms with Crippen LogP contribution in [0.1, 0.15) is 36.8 Å². The second kappa shape index (κ2) is 6.53. The molecule has 2 rings (SSSR count). The van der Waals surface area contributed by atoms with Crippen molar-refractivity contribution in [3.05, 3.63) is 39.7 Å². The Hall–Kier alpha value is -2.15. The summed E-state index contributed by atoms with van der Waals surface area (Å²) >= 11 is 0. The van der Waals surface area contributed by atoms with Gasteiger partial charge in [-0.15, -0.1) is 0 Å². The number of rotatable bonds is 5. The largest absolute Gasteiger partial charge is 0.347 e. The molecule has 0 radical (unpaired) electrons. The first kappa shape index (κ1) is 15.2. The van der Waals surface area contributed by atoms with Crippen LogP contribution in [0.2, 0.25) is 0 Å². The van der Waals surface area contributed by atoms with E-state index in [0.29, 0.717) is 12.2 Å². The van der Waals surface area contributed by atoms with Gasteiger partial charge in [0, 0.05) is 25.2 Å². The summed E-state index contributed by atoms with van der Waals surface area (Å²) in [5.41, 5.74) is 1.44. The van der Waals surface area contributed by atoms with E-state index in [2.05, 4.69) is 16.7 Å². The van der Waals surface area contributed by atoms with Crippen molar-refractivity contribution in [3.63, 3.8) is 0 Å². The zero-order valence-corrected chi connectivity index (χ0v) is 12.3. The lowest BCUT2D eigenvalue weighted by molar-refractivity contribution is -0.384. The summed E-state index contributed by atoms with van der Waals surface area (Å²) in [4.78, 5) is 22.6. The van der Waals surface area contributed by atoms with Crippen molar-refractivity contribution in [2.24, 2.45) is 0 Å². The van der Waals surface area contributed by atoms with E-state index < -0.39 is 4.92 Å². The van der Waals surface area contributed by atoms with Gasteiger partial charge in [0.1, 0.15) is 5.69 Å². The molecule has 2 N–H and O–H groups in total. The zero-order chi connectivity index (χ0) is 15.4. The van der Waals surface area contributed by atoms with E-state index in [1.54, 1.807) is 4.57 Å². The molecular formula is C14H20N4O3. The number of hydrogen-bond acceptors (Lipinski definition) is 4. The van der Waals surface area contributed by atoms with E-state index in [1.807, 2.05) is 13.8 Å². The fourth-order valence-electron chi connectivity index (χ4n) is 2.29. The Labute approximate surface area is 123 Å². The van der Waals surface area contributed by atoms with Gasteiger partial charge >= 0.3 is 0 Å². The summed E-state index contributed by atoms with van der Waals surface area (Å²) in [5.74, 6) is -0.281. The summed E-state index contributed by atoms with van der Waals surface area (Å²) in [7, 11) is 0. The Morgan fingerprint density at radius 3 is 2.90 bits per heavy atom. The molecule has 1 aromatic rings. The molecule has 0 aromatic carbocycles. The minimum Gasteiger partial charge on any atom is -0.347 e. The third kappa shape index (κ3) is 3.69. The molecule has 0 atom stereocenters. The fourth-order valence-corrected chi connectivity index (χ4v) is 2.29. The third-order valence-corrected chi connectivity index (χ3v) is 3.47. The van der Waals surface area contributed by atoms with Crippen LogP contribution in [0.4, 0.5) is 5.69 Å². The van der Waals surface area contributed by atoms with Crippen LogP contribution >= 0.6 is 0 Å². The van der Waals surface area contributed by atoms with Crippen LogP contribution in [0.5, 0.6) is 0 Å². The molecule has 1 amide bonds. The van der Waals surface area contributed by atoms with Gasteiger partial charge in [-0.05, 0) is 26.8 Å². The fraction of sp³-hybridized carbons (Fsp3) is 0.500. The molecule has 0 fully saturated rings. The number of amides is 1. The molecule has 0 bridgehead atoms. The van der Waals surface area contributed by atoms with Gasteiger partial charge in [0.2, 0.25) is 0 Å². The van der Waals surface area contributed by atoms with Gasteiger partial charge in [-0.1, -0.05) is 11.6 Å². The first-order chi connectivity index (χ1) is 9.99. The second-order valence-electron chi connectivity index (χ2n) is 5.34. The monoisotopic (exact) mass is 292 g/mol. The molecule has 2 heterocycles. The molecule has 114 valence electrons. The van der Waals surface area contributed by atoms with Crippen LogP contribution in [0.25, 0.3) is 0 Å². The van der Waals surface area contributed by atoms with Gasteiger partial charge in [-0.25, -0.2) is 0 Å². The van der Waals surface area contributed by atoms with Crippen LogP contribution in [0.3, 0.4) is 0 Å². The number of nitrogens with one attached hydrogen (secondary N) is 2. The van der Waals surface area contributed by atoms with Crippen LogP contribution in [-0.4, -0.2) is 35.0 Å². The minimum absolute atomic E-state index is 0.0162. The Morgan fingerprint density at radius 2 is 2.33 bits per heavy atom. The molecule has 0 saturated carbocycles. The standard InChI is InChI=1S/C14H20N4O3/c1-10(2)17-9-12(18(20)21)7-13(17)14(19)16-8-11-3-5-15-6-4-11/h3,7,9-10,15H,4-6,8H2,1-2H3,(H,16,19). The summed E-state index contributed by atoms with van der Waals surface area (Å²) < 4.78 is 1.63. The number of carbonyl (C=O) groups excluding carboxylic acids is 1. The number of hydrogen-bond donors (Lipinski definition) is 2. The van der Waals surface area contributed by atoms with Crippen LogP contribution in [0, 0.1) is 10.1 Å². The Kier molecular flexibility index (Phi) is 4.74. The highest BCUT2D eigenvalue weighted by Crippen LogP contribution is 2.20. The predicted molar refractivity (Wildman–Crippen MR) is 79.4 cm³/mol. The maximum Gasteiger partial charge on any atom is 0.287 e.